The smallest absolute Gasteiger partial charge is 0.270 e. The molecule has 0 saturated heterocycles. The number of aromatic nitrogens is 3. The molecule has 3 rings (SSSR count). The van der Waals surface area contributed by atoms with E-state index >= 15 is 0 Å². The van der Waals surface area contributed by atoms with Gasteiger partial charge < -0.3 is 16.0 Å². The number of hydrogen-bond donors (Lipinski definition) is 3. The van der Waals surface area contributed by atoms with E-state index in [-0.39, 0.29) is 5.91 Å². The summed E-state index contributed by atoms with van der Waals surface area (Å²) in [7, 11) is 3.83. The minimum Gasteiger partial charge on any atom is -0.382 e. The number of nitrogens with zero attached hydrogens (tertiary/aromatic N) is 3. The number of pyridine rings is 1. The highest BCUT2D eigenvalue weighted by molar-refractivity contribution is 6.01. The molecule has 0 fully saturated rings. The summed E-state index contributed by atoms with van der Waals surface area (Å²) in [6.45, 7) is 0.355. The summed E-state index contributed by atoms with van der Waals surface area (Å²) in [4.78, 5) is 18.9. The van der Waals surface area contributed by atoms with Crippen LogP contribution >= 0.6 is 0 Å². The fraction of sp³-hybridized carbons (Fsp3) is 0.167. The van der Waals surface area contributed by atoms with Crippen LogP contribution in [0.4, 0.5) is 11.6 Å². The highest BCUT2D eigenvalue weighted by Gasteiger charge is 2.19. The third-order valence-corrected chi connectivity index (χ3v) is 3.81. The Morgan fingerprint density at radius 3 is 2.68 bits per heavy atom. The van der Waals surface area contributed by atoms with E-state index in [4.69, 9.17) is 5.73 Å². The highest BCUT2D eigenvalue weighted by atomic mass is 16.1. The fourth-order valence-corrected chi connectivity index (χ4v) is 2.65. The lowest BCUT2D eigenvalue weighted by molar-refractivity contribution is 0.0946. The average molecular weight is 336 g/mol. The molecule has 0 unspecified atom stereocenters. The van der Waals surface area contributed by atoms with E-state index in [0.29, 0.717) is 23.6 Å². The maximum atomic E-state index is 12.6. The van der Waals surface area contributed by atoms with Gasteiger partial charge in [-0.05, 0) is 11.6 Å². The van der Waals surface area contributed by atoms with E-state index in [1.165, 1.54) is 0 Å². The van der Waals surface area contributed by atoms with Crippen molar-refractivity contribution in [3.63, 3.8) is 0 Å². The Morgan fingerprint density at radius 2 is 1.96 bits per heavy atom. The Labute approximate surface area is 145 Å². The van der Waals surface area contributed by atoms with Crippen molar-refractivity contribution in [2.45, 2.75) is 6.54 Å². The molecule has 0 atom stereocenters. The Kier molecular flexibility index (Phi) is 4.65. The highest BCUT2D eigenvalue weighted by Crippen LogP contribution is 2.27. The van der Waals surface area contributed by atoms with E-state index in [0.717, 1.165) is 16.9 Å². The molecule has 0 radical (unpaired) electrons. The number of nitrogens with one attached hydrogen (secondary N) is 2. The standard InChI is InChI=1S/C18H20N6O/c1-24(2)17-13(9-6-10-20-17)11-21-18(25)15-14(16(19)23-22-15)12-7-4-3-5-8-12/h3-10H,11H2,1-2H3,(H,21,25)(H3,19,22,23). The zero-order chi connectivity index (χ0) is 17.8. The third kappa shape index (κ3) is 3.45. The normalized spacial score (nSPS) is 10.5. The van der Waals surface area contributed by atoms with Gasteiger partial charge in [0.25, 0.3) is 5.91 Å². The zero-order valence-electron chi connectivity index (χ0n) is 14.2. The maximum Gasteiger partial charge on any atom is 0.270 e. The largest absolute Gasteiger partial charge is 0.382 e. The van der Waals surface area contributed by atoms with Gasteiger partial charge in [-0.2, -0.15) is 5.10 Å². The molecule has 128 valence electrons. The van der Waals surface area contributed by atoms with E-state index in [2.05, 4.69) is 20.5 Å². The minimum atomic E-state index is -0.267. The van der Waals surface area contributed by atoms with Crippen LogP contribution < -0.4 is 16.0 Å². The molecule has 0 bridgehead atoms. The summed E-state index contributed by atoms with van der Waals surface area (Å²) in [5.74, 6) is 0.846. The van der Waals surface area contributed by atoms with Crippen molar-refractivity contribution in [1.29, 1.82) is 0 Å². The Hall–Kier alpha value is -3.35. The molecule has 3 aromatic rings. The summed E-state index contributed by atoms with van der Waals surface area (Å²) in [6, 6.07) is 13.3. The van der Waals surface area contributed by atoms with Crippen LogP contribution in [0, 0.1) is 0 Å². The van der Waals surface area contributed by atoms with Crippen molar-refractivity contribution in [3.8, 4) is 11.1 Å². The first-order chi connectivity index (χ1) is 12.1. The summed E-state index contributed by atoms with van der Waals surface area (Å²) < 4.78 is 0. The molecule has 1 amide bonds. The number of hydrogen-bond acceptors (Lipinski definition) is 5. The molecule has 25 heavy (non-hydrogen) atoms. The van der Waals surface area contributed by atoms with E-state index in [1.54, 1.807) is 6.20 Å². The molecular weight excluding hydrogens is 316 g/mol. The van der Waals surface area contributed by atoms with Gasteiger partial charge in [0.2, 0.25) is 0 Å². The lowest BCUT2D eigenvalue weighted by atomic mass is 10.1. The molecule has 7 heteroatoms. The second-order valence-electron chi connectivity index (χ2n) is 5.79. The summed E-state index contributed by atoms with van der Waals surface area (Å²) in [5.41, 5.74) is 8.67. The van der Waals surface area contributed by atoms with Crippen LogP contribution in [0.3, 0.4) is 0 Å². The summed E-state index contributed by atoms with van der Waals surface area (Å²) in [5, 5.41) is 9.62. The van der Waals surface area contributed by atoms with E-state index in [9.17, 15) is 4.79 Å². The lowest BCUT2D eigenvalue weighted by Crippen LogP contribution is -2.25. The van der Waals surface area contributed by atoms with Gasteiger partial charge in [-0.15, -0.1) is 0 Å². The molecule has 1 aromatic carbocycles. The van der Waals surface area contributed by atoms with Gasteiger partial charge in [0.1, 0.15) is 11.5 Å². The second kappa shape index (κ2) is 7.04. The summed E-state index contributed by atoms with van der Waals surface area (Å²) >= 11 is 0. The molecule has 4 N–H and O–H groups in total. The van der Waals surface area contributed by atoms with Crippen molar-refractivity contribution in [2.24, 2.45) is 0 Å². The Balaban J connectivity index is 1.82. The maximum absolute atomic E-state index is 12.6. The van der Waals surface area contributed by atoms with Crippen LogP contribution in [-0.4, -0.2) is 35.2 Å². The van der Waals surface area contributed by atoms with E-state index in [1.807, 2.05) is 61.5 Å². The zero-order valence-corrected chi connectivity index (χ0v) is 14.2. The van der Waals surface area contributed by atoms with Gasteiger partial charge in [-0.1, -0.05) is 36.4 Å². The third-order valence-electron chi connectivity index (χ3n) is 3.81. The number of benzene rings is 1. The number of carbonyl (C=O) groups is 1. The van der Waals surface area contributed by atoms with Gasteiger partial charge in [0, 0.05) is 32.4 Å². The van der Waals surface area contributed by atoms with Gasteiger partial charge >= 0.3 is 0 Å². The van der Waals surface area contributed by atoms with Crippen LogP contribution in [0.2, 0.25) is 0 Å². The number of anilines is 2. The topological polar surface area (TPSA) is 99.9 Å². The molecule has 0 spiro atoms. The number of aromatic amines is 1. The molecule has 0 aliphatic heterocycles. The fourth-order valence-electron chi connectivity index (χ4n) is 2.65. The lowest BCUT2D eigenvalue weighted by Gasteiger charge is -2.16. The van der Waals surface area contributed by atoms with Gasteiger partial charge in [0.15, 0.2) is 5.82 Å². The summed E-state index contributed by atoms with van der Waals surface area (Å²) in [6.07, 6.45) is 1.73. The number of amides is 1. The quantitative estimate of drug-likeness (QED) is 0.662. The predicted octanol–water partition coefficient (Wildman–Crippen LogP) is 2.05. The first kappa shape index (κ1) is 16.5. The van der Waals surface area contributed by atoms with Crippen LogP contribution in [0.5, 0.6) is 0 Å². The average Bonchev–Trinajstić information content (AvgIpc) is 3.02. The molecule has 2 heterocycles. The van der Waals surface area contributed by atoms with Crippen molar-refractivity contribution in [1.82, 2.24) is 20.5 Å². The van der Waals surface area contributed by atoms with Crippen LogP contribution in [0.1, 0.15) is 16.1 Å². The van der Waals surface area contributed by atoms with Crippen LogP contribution in [-0.2, 0) is 6.54 Å². The molecule has 0 saturated carbocycles. The number of nitrogen functional groups attached to an aromatic ring is 1. The minimum absolute atomic E-state index is 0.267. The molecule has 2 aromatic heterocycles. The van der Waals surface area contributed by atoms with Crippen molar-refractivity contribution < 1.29 is 4.79 Å². The second-order valence-corrected chi connectivity index (χ2v) is 5.79. The SMILES string of the molecule is CN(C)c1ncccc1CNC(=O)c1[nH]nc(N)c1-c1ccccc1. The van der Waals surface area contributed by atoms with Crippen molar-refractivity contribution in [2.75, 3.05) is 24.7 Å². The van der Waals surface area contributed by atoms with Crippen molar-refractivity contribution >= 4 is 17.5 Å². The Morgan fingerprint density at radius 1 is 1.20 bits per heavy atom. The van der Waals surface area contributed by atoms with Gasteiger partial charge in [0.05, 0.1) is 5.56 Å². The first-order valence-electron chi connectivity index (χ1n) is 7.86. The van der Waals surface area contributed by atoms with Gasteiger partial charge in [-0.3, -0.25) is 9.89 Å². The predicted molar refractivity (Wildman–Crippen MR) is 98.2 cm³/mol. The molecule has 0 aliphatic rings. The van der Waals surface area contributed by atoms with Crippen molar-refractivity contribution in [3.05, 3.63) is 59.9 Å². The molecule has 7 nitrogen and oxygen atoms in total. The monoisotopic (exact) mass is 336 g/mol. The van der Waals surface area contributed by atoms with Crippen LogP contribution in [0.15, 0.2) is 48.7 Å². The number of nitrogens with two attached hydrogens (primary N) is 1. The van der Waals surface area contributed by atoms with Crippen LogP contribution in [0.25, 0.3) is 11.1 Å². The van der Waals surface area contributed by atoms with Gasteiger partial charge in [-0.25, -0.2) is 4.98 Å². The number of H-pyrrole nitrogens is 1. The molecular formula is C18H20N6O. The Bertz CT molecular complexity index is 872. The molecule has 0 aliphatic carbocycles. The van der Waals surface area contributed by atoms with E-state index < -0.39 is 0 Å². The first-order valence-corrected chi connectivity index (χ1v) is 7.86. The number of carbonyl (C=O) groups excluding carboxylic acids is 1. The number of rotatable bonds is 5.